The van der Waals surface area contributed by atoms with Crippen molar-refractivity contribution in [1.82, 2.24) is 5.43 Å². The topological polar surface area (TPSA) is 41.5 Å². The van der Waals surface area contributed by atoms with Crippen LogP contribution in [0.4, 0.5) is 13.2 Å². The number of hydrazone groups is 1. The zero-order valence-electron chi connectivity index (χ0n) is 13.6. The number of halogens is 3. The SMILES string of the molecule is CC1CCc2sc(C(=O)N/N=C/c3ccccc3C(F)(F)F)cc2C1. The molecule has 1 atom stereocenters. The van der Waals surface area contributed by atoms with E-state index in [4.69, 9.17) is 0 Å². The highest BCUT2D eigenvalue weighted by Crippen LogP contribution is 2.32. The van der Waals surface area contributed by atoms with Gasteiger partial charge in [0.05, 0.1) is 16.7 Å². The number of benzene rings is 1. The van der Waals surface area contributed by atoms with Crippen molar-refractivity contribution in [1.29, 1.82) is 0 Å². The van der Waals surface area contributed by atoms with Gasteiger partial charge in [-0.25, -0.2) is 5.43 Å². The van der Waals surface area contributed by atoms with Gasteiger partial charge in [-0.3, -0.25) is 4.79 Å². The second-order valence-corrected chi connectivity index (χ2v) is 7.33. The molecule has 0 radical (unpaired) electrons. The van der Waals surface area contributed by atoms with Crippen LogP contribution >= 0.6 is 11.3 Å². The van der Waals surface area contributed by atoms with Gasteiger partial charge in [0.1, 0.15) is 0 Å². The Kier molecular flexibility index (Phi) is 4.94. The standard InChI is InChI=1S/C18H17F3N2OS/c1-11-6-7-15-13(8-11)9-16(25-15)17(24)23-22-10-12-4-2-3-5-14(12)18(19,20)21/h2-5,9-11H,6-8H2,1H3,(H,23,24)/b22-10+. The third kappa shape index (κ3) is 4.10. The lowest BCUT2D eigenvalue weighted by atomic mass is 9.90. The van der Waals surface area contributed by atoms with Gasteiger partial charge in [-0.15, -0.1) is 11.3 Å². The molecular weight excluding hydrogens is 349 g/mol. The minimum Gasteiger partial charge on any atom is -0.266 e. The van der Waals surface area contributed by atoms with Crippen LogP contribution in [0.3, 0.4) is 0 Å². The van der Waals surface area contributed by atoms with E-state index in [1.165, 1.54) is 40.0 Å². The molecule has 0 bridgehead atoms. The van der Waals surface area contributed by atoms with Gasteiger partial charge in [0.25, 0.3) is 5.91 Å². The smallest absolute Gasteiger partial charge is 0.266 e. The maximum Gasteiger partial charge on any atom is 0.417 e. The van der Waals surface area contributed by atoms with E-state index in [1.807, 2.05) is 6.07 Å². The first-order valence-electron chi connectivity index (χ1n) is 7.96. The molecule has 1 aromatic carbocycles. The number of carbonyl (C=O) groups is 1. The molecule has 2 aromatic rings. The van der Waals surface area contributed by atoms with Gasteiger partial charge >= 0.3 is 6.18 Å². The van der Waals surface area contributed by atoms with E-state index in [2.05, 4.69) is 17.5 Å². The van der Waals surface area contributed by atoms with Crippen LogP contribution < -0.4 is 5.43 Å². The molecule has 25 heavy (non-hydrogen) atoms. The van der Waals surface area contributed by atoms with Crippen molar-refractivity contribution in [2.24, 2.45) is 11.0 Å². The quantitative estimate of drug-likeness (QED) is 0.623. The molecule has 3 rings (SSSR count). The Morgan fingerprint density at radius 3 is 2.88 bits per heavy atom. The van der Waals surface area contributed by atoms with Gasteiger partial charge in [-0.05, 0) is 42.9 Å². The molecule has 0 saturated heterocycles. The molecule has 0 saturated carbocycles. The van der Waals surface area contributed by atoms with Crippen LogP contribution in [0.1, 0.15) is 44.6 Å². The first-order valence-corrected chi connectivity index (χ1v) is 8.77. The van der Waals surface area contributed by atoms with Gasteiger partial charge in [0.2, 0.25) is 0 Å². The fourth-order valence-electron chi connectivity index (χ4n) is 2.90. The largest absolute Gasteiger partial charge is 0.417 e. The number of nitrogens with one attached hydrogen (secondary N) is 1. The van der Waals surface area contributed by atoms with Crippen molar-refractivity contribution in [2.75, 3.05) is 0 Å². The van der Waals surface area contributed by atoms with E-state index in [9.17, 15) is 18.0 Å². The lowest BCUT2D eigenvalue weighted by Crippen LogP contribution is -2.17. The number of hydrogen-bond acceptors (Lipinski definition) is 3. The summed E-state index contributed by atoms with van der Waals surface area (Å²) in [4.78, 5) is 13.9. The van der Waals surface area contributed by atoms with E-state index in [-0.39, 0.29) is 5.56 Å². The van der Waals surface area contributed by atoms with Crippen LogP contribution in [0.15, 0.2) is 35.4 Å². The van der Waals surface area contributed by atoms with Crippen molar-refractivity contribution in [3.63, 3.8) is 0 Å². The van der Waals surface area contributed by atoms with Crippen LogP contribution in [-0.4, -0.2) is 12.1 Å². The molecule has 1 amide bonds. The van der Waals surface area contributed by atoms with E-state index >= 15 is 0 Å². The van der Waals surface area contributed by atoms with Crippen LogP contribution in [0, 0.1) is 5.92 Å². The number of nitrogens with zero attached hydrogens (tertiary/aromatic N) is 1. The predicted molar refractivity (Wildman–Crippen MR) is 92.0 cm³/mol. The molecule has 3 nitrogen and oxygen atoms in total. The highest BCUT2D eigenvalue weighted by atomic mass is 32.1. The summed E-state index contributed by atoms with van der Waals surface area (Å²) >= 11 is 1.43. The zero-order valence-corrected chi connectivity index (χ0v) is 14.4. The highest BCUT2D eigenvalue weighted by molar-refractivity contribution is 7.14. The van der Waals surface area contributed by atoms with Crippen LogP contribution in [0.25, 0.3) is 0 Å². The van der Waals surface area contributed by atoms with Gasteiger partial charge in [0.15, 0.2) is 0 Å². The summed E-state index contributed by atoms with van der Waals surface area (Å²) < 4.78 is 38.7. The molecule has 1 heterocycles. The molecule has 1 N–H and O–H groups in total. The van der Waals surface area contributed by atoms with E-state index in [1.54, 1.807) is 0 Å². The van der Waals surface area contributed by atoms with Crippen LogP contribution in [0.5, 0.6) is 0 Å². The third-order valence-electron chi connectivity index (χ3n) is 4.19. The molecule has 7 heteroatoms. The fraction of sp³-hybridized carbons (Fsp3) is 0.333. The minimum atomic E-state index is -4.46. The molecule has 1 unspecified atom stereocenters. The summed E-state index contributed by atoms with van der Waals surface area (Å²) in [5.41, 5.74) is 2.64. The van der Waals surface area contributed by atoms with Crippen LogP contribution in [0.2, 0.25) is 0 Å². The van der Waals surface area contributed by atoms with Gasteiger partial charge < -0.3 is 0 Å². The molecule has 0 fully saturated rings. The molecule has 132 valence electrons. The zero-order chi connectivity index (χ0) is 18.0. The predicted octanol–water partition coefficient (Wildman–Crippen LogP) is 4.66. The van der Waals surface area contributed by atoms with E-state index in [0.717, 1.165) is 31.5 Å². The van der Waals surface area contributed by atoms with E-state index < -0.39 is 17.6 Å². The monoisotopic (exact) mass is 366 g/mol. The molecular formula is C18H17F3N2OS. The fourth-order valence-corrected chi connectivity index (χ4v) is 4.00. The van der Waals surface area contributed by atoms with Gasteiger partial charge in [-0.2, -0.15) is 18.3 Å². The molecule has 1 aromatic heterocycles. The number of fused-ring (bicyclic) bond motifs is 1. The van der Waals surface area contributed by atoms with Gasteiger partial charge in [-0.1, -0.05) is 25.1 Å². The summed E-state index contributed by atoms with van der Waals surface area (Å²) in [5, 5.41) is 3.70. The third-order valence-corrected chi connectivity index (χ3v) is 5.42. The van der Waals surface area contributed by atoms with Crippen molar-refractivity contribution < 1.29 is 18.0 Å². The lowest BCUT2D eigenvalue weighted by molar-refractivity contribution is -0.137. The molecule has 1 aliphatic carbocycles. The minimum absolute atomic E-state index is 0.0883. The number of rotatable bonds is 3. The van der Waals surface area contributed by atoms with Gasteiger partial charge in [0, 0.05) is 10.4 Å². The second kappa shape index (κ2) is 7.00. The first kappa shape index (κ1) is 17.7. The molecule has 0 spiro atoms. The Morgan fingerprint density at radius 1 is 1.36 bits per heavy atom. The maximum absolute atomic E-state index is 12.9. The Balaban J connectivity index is 1.70. The Hall–Kier alpha value is -2.15. The molecule has 1 aliphatic rings. The van der Waals surface area contributed by atoms with Crippen molar-refractivity contribution in [3.05, 3.63) is 56.8 Å². The van der Waals surface area contributed by atoms with Crippen molar-refractivity contribution >= 4 is 23.5 Å². The number of carbonyl (C=O) groups excluding carboxylic acids is 1. The Morgan fingerprint density at radius 2 is 2.12 bits per heavy atom. The van der Waals surface area contributed by atoms with E-state index in [0.29, 0.717) is 10.8 Å². The number of alkyl halides is 3. The average molecular weight is 366 g/mol. The first-order chi connectivity index (χ1) is 11.8. The second-order valence-electron chi connectivity index (χ2n) is 6.19. The Labute approximate surface area is 147 Å². The van der Waals surface area contributed by atoms with Crippen LogP contribution in [-0.2, 0) is 19.0 Å². The lowest BCUT2D eigenvalue weighted by Gasteiger charge is -2.16. The summed E-state index contributed by atoms with van der Waals surface area (Å²) in [6, 6.07) is 6.97. The Bertz CT molecular complexity index is 811. The highest BCUT2D eigenvalue weighted by Gasteiger charge is 2.32. The number of amides is 1. The van der Waals surface area contributed by atoms with Crippen molar-refractivity contribution in [3.8, 4) is 0 Å². The normalized spacial score (nSPS) is 17.5. The summed E-state index contributed by atoms with van der Waals surface area (Å²) in [7, 11) is 0. The average Bonchev–Trinajstić information content (AvgIpc) is 2.97. The molecule has 0 aliphatic heterocycles. The summed E-state index contributed by atoms with van der Waals surface area (Å²) in [6.07, 6.45) is -0.397. The number of thiophene rings is 1. The summed E-state index contributed by atoms with van der Waals surface area (Å²) in [6.45, 7) is 2.18. The van der Waals surface area contributed by atoms with Crippen molar-refractivity contribution in [2.45, 2.75) is 32.4 Å². The summed E-state index contributed by atoms with van der Waals surface area (Å²) in [5.74, 6) is 0.211. The number of aryl methyl sites for hydroxylation is 1. The number of hydrogen-bond donors (Lipinski definition) is 1. The maximum atomic E-state index is 12.9.